The molecule has 0 fully saturated rings. The van der Waals surface area contributed by atoms with Crippen molar-refractivity contribution < 1.29 is 9.53 Å². The molecular weight excluding hydrogens is 226 g/mol. The number of nitrogens with two attached hydrogens (primary N) is 1. The standard InChI is InChI=1S/C15H15NO2/c1-11(17)18-14-8-7-13(15(16)10-14)9-12-5-3-2-4-6-12/h2-8,10H,9,16H2,1H3. The van der Waals surface area contributed by atoms with Gasteiger partial charge >= 0.3 is 5.97 Å². The molecule has 0 aliphatic heterocycles. The van der Waals surface area contributed by atoms with Gasteiger partial charge in [-0.3, -0.25) is 4.79 Å². The van der Waals surface area contributed by atoms with Crippen LogP contribution in [0, 0.1) is 0 Å². The van der Waals surface area contributed by atoms with Crippen LogP contribution in [-0.2, 0) is 11.2 Å². The Kier molecular flexibility index (Phi) is 3.63. The van der Waals surface area contributed by atoms with Crippen molar-refractivity contribution >= 4 is 11.7 Å². The molecule has 3 heteroatoms. The zero-order valence-electron chi connectivity index (χ0n) is 10.2. The van der Waals surface area contributed by atoms with Gasteiger partial charge in [0.05, 0.1) is 0 Å². The van der Waals surface area contributed by atoms with E-state index in [-0.39, 0.29) is 5.97 Å². The number of hydrogen-bond donors (Lipinski definition) is 1. The summed E-state index contributed by atoms with van der Waals surface area (Å²) in [6.07, 6.45) is 0.771. The third-order valence-corrected chi connectivity index (χ3v) is 2.62. The van der Waals surface area contributed by atoms with E-state index in [0.29, 0.717) is 11.4 Å². The van der Waals surface area contributed by atoms with E-state index in [2.05, 4.69) is 12.1 Å². The van der Waals surface area contributed by atoms with E-state index in [1.807, 2.05) is 24.3 Å². The van der Waals surface area contributed by atoms with Crippen LogP contribution in [0.3, 0.4) is 0 Å². The molecule has 2 rings (SSSR count). The van der Waals surface area contributed by atoms with E-state index in [1.165, 1.54) is 12.5 Å². The SMILES string of the molecule is CC(=O)Oc1ccc(Cc2ccccc2)c(N)c1. The molecule has 92 valence electrons. The number of ether oxygens (including phenoxy) is 1. The molecular formula is C15H15NO2. The fraction of sp³-hybridized carbons (Fsp3) is 0.133. The summed E-state index contributed by atoms with van der Waals surface area (Å²) in [4.78, 5) is 10.8. The van der Waals surface area contributed by atoms with Crippen LogP contribution < -0.4 is 10.5 Å². The maximum atomic E-state index is 10.8. The fourth-order valence-electron chi connectivity index (χ4n) is 1.78. The number of hydrogen-bond acceptors (Lipinski definition) is 3. The molecule has 2 aromatic carbocycles. The van der Waals surface area contributed by atoms with Gasteiger partial charge in [0.1, 0.15) is 5.75 Å². The van der Waals surface area contributed by atoms with E-state index < -0.39 is 0 Å². The van der Waals surface area contributed by atoms with Crippen LogP contribution in [0.1, 0.15) is 18.1 Å². The number of carbonyl (C=O) groups excluding carboxylic acids is 1. The average molecular weight is 241 g/mol. The molecule has 18 heavy (non-hydrogen) atoms. The number of benzene rings is 2. The molecule has 0 radical (unpaired) electrons. The Labute approximate surface area is 106 Å². The fourth-order valence-corrected chi connectivity index (χ4v) is 1.78. The molecule has 0 aromatic heterocycles. The first-order chi connectivity index (χ1) is 8.65. The van der Waals surface area contributed by atoms with Crippen molar-refractivity contribution in [2.24, 2.45) is 0 Å². The summed E-state index contributed by atoms with van der Waals surface area (Å²) in [5.41, 5.74) is 8.81. The van der Waals surface area contributed by atoms with Crippen LogP contribution in [0.4, 0.5) is 5.69 Å². The molecule has 0 amide bonds. The van der Waals surface area contributed by atoms with Gasteiger partial charge in [-0.1, -0.05) is 36.4 Å². The van der Waals surface area contributed by atoms with Crippen molar-refractivity contribution in [2.45, 2.75) is 13.3 Å². The van der Waals surface area contributed by atoms with Crippen LogP contribution in [0.2, 0.25) is 0 Å². The van der Waals surface area contributed by atoms with E-state index in [4.69, 9.17) is 10.5 Å². The third kappa shape index (κ3) is 3.10. The Hall–Kier alpha value is -2.29. The van der Waals surface area contributed by atoms with Crippen LogP contribution in [0.15, 0.2) is 48.5 Å². The lowest BCUT2D eigenvalue weighted by Crippen LogP contribution is -2.03. The lowest BCUT2D eigenvalue weighted by Gasteiger charge is -2.08. The normalized spacial score (nSPS) is 10.1. The highest BCUT2D eigenvalue weighted by molar-refractivity contribution is 5.70. The highest BCUT2D eigenvalue weighted by Crippen LogP contribution is 2.22. The summed E-state index contributed by atoms with van der Waals surface area (Å²) in [7, 11) is 0. The summed E-state index contributed by atoms with van der Waals surface area (Å²) in [5, 5.41) is 0. The van der Waals surface area contributed by atoms with Gasteiger partial charge in [0.2, 0.25) is 0 Å². The van der Waals surface area contributed by atoms with Crippen LogP contribution >= 0.6 is 0 Å². The second-order valence-corrected chi connectivity index (χ2v) is 4.12. The highest BCUT2D eigenvalue weighted by atomic mass is 16.5. The first-order valence-electron chi connectivity index (χ1n) is 5.76. The topological polar surface area (TPSA) is 52.3 Å². The van der Waals surface area contributed by atoms with Crippen LogP contribution in [0.25, 0.3) is 0 Å². The first kappa shape index (κ1) is 12.2. The smallest absolute Gasteiger partial charge is 0.308 e. The van der Waals surface area contributed by atoms with Crippen molar-refractivity contribution in [1.29, 1.82) is 0 Å². The average Bonchev–Trinajstić information content (AvgIpc) is 2.33. The Bertz CT molecular complexity index is 550. The highest BCUT2D eigenvalue weighted by Gasteiger charge is 2.04. The molecule has 0 spiro atoms. The lowest BCUT2D eigenvalue weighted by atomic mass is 10.0. The monoisotopic (exact) mass is 241 g/mol. The minimum atomic E-state index is -0.342. The number of rotatable bonds is 3. The quantitative estimate of drug-likeness (QED) is 0.510. The van der Waals surface area contributed by atoms with Gasteiger partial charge in [-0.2, -0.15) is 0 Å². The van der Waals surface area contributed by atoms with Gasteiger partial charge in [-0.05, 0) is 23.6 Å². The van der Waals surface area contributed by atoms with Gasteiger partial charge < -0.3 is 10.5 Å². The predicted octanol–water partition coefficient (Wildman–Crippen LogP) is 2.78. The number of nitrogen functional groups attached to an aromatic ring is 1. The maximum absolute atomic E-state index is 10.8. The summed E-state index contributed by atoms with van der Waals surface area (Å²) in [6, 6.07) is 15.4. The van der Waals surface area contributed by atoms with E-state index >= 15 is 0 Å². The van der Waals surface area contributed by atoms with Gasteiger partial charge in [0.25, 0.3) is 0 Å². The maximum Gasteiger partial charge on any atom is 0.308 e. The lowest BCUT2D eigenvalue weighted by molar-refractivity contribution is -0.131. The Morgan fingerprint density at radius 3 is 2.50 bits per heavy atom. The Morgan fingerprint density at radius 2 is 1.89 bits per heavy atom. The van der Waals surface area contributed by atoms with Crippen molar-refractivity contribution in [3.8, 4) is 5.75 Å². The van der Waals surface area contributed by atoms with E-state index in [0.717, 1.165) is 12.0 Å². The number of anilines is 1. The number of esters is 1. The Balaban J connectivity index is 2.17. The largest absolute Gasteiger partial charge is 0.427 e. The van der Waals surface area contributed by atoms with Gasteiger partial charge in [0.15, 0.2) is 0 Å². The van der Waals surface area contributed by atoms with Crippen molar-refractivity contribution in [3.63, 3.8) is 0 Å². The minimum absolute atomic E-state index is 0.342. The van der Waals surface area contributed by atoms with Crippen molar-refractivity contribution in [2.75, 3.05) is 5.73 Å². The predicted molar refractivity (Wildman–Crippen MR) is 71.4 cm³/mol. The van der Waals surface area contributed by atoms with Crippen LogP contribution in [-0.4, -0.2) is 5.97 Å². The molecule has 0 saturated heterocycles. The van der Waals surface area contributed by atoms with Crippen LogP contribution in [0.5, 0.6) is 5.75 Å². The zero-order valence-corrected chi connectivity index (χ0v) is 10.2. The molecule has 0 unspecified atom stereocenters. The minimum Gasteiger partial charge on any atom is -0.427 e. The second kappa shape index (κ2) is 5.36. The molecule has 0 heterocycles. The number of carbonyl (C=O) groups is 1. The summed E-state index contributed by atoms with van der Waals surface area (Å²) < 4.78 is 4.98. The summed E-state index contributed by atoms with van der Waals surface area (Å²) >= 11 is 0. The molecule has 2 aromatic rings. The molecule has 0 saturated carbocycles. The Morgan fingerprint density at radius 1 is 1.17 bits per heavy atom. The van der Waals surface area contributed by atoms with E-state index in [9.17, 15) is 4.79 Å². The van der Waals surface area contributed by atoms with Gasteiger partial charge in [0, 0.05) is 18.7 Å². The van der Waals surface area contributed by atoms with Crippen molar-refractivity contribution in [3.05, 3.63) is 59.7 Å². The third-order valence-electron chi connectivity index (χ3n) is 2.62. The molecule has 0 bridgehead atoms. The summed E-state index contributed by atoms with van der Waals surface area (Å²) in [5.74, 6) is 0.141. The molecule has 2 N–H and O–H groups in total. The van der Waals surface area contributed by atoms with Gasteiger partial charge in [-0.25, -0.2) is 0 Å². The molecule has 3 nitrogen and oxygen atoms in total. The van der Waals surface area contributed by atoms with Gasteiger partial charge in [-0.15, -0.1) is 0 Å². The second-order valence-electron chi connectivity index (χ2n) is 4.12. The molecule has 0 aliphatic rings. The first-order valence-corrected chi connectivity index (χ1v) is 5.76. The summed E-state index contributed by atoms with van der Waals surface area (Å²) in [6.45, 7) is 1.37. The zero-order chi connectivity index (χ0) is 13.0. The molecule has 0 aliphatic carbocycles. The molecule has 0 atom stereocenters. The van der Waals surface area contributed by atoms with E-state index in [1.54, 1.807) is 12.1 Å². The van der Waals surface area contributed by atoms with Crippen molar-refractivity contribution in [1.82, 2.24) is 0 Å².